The Hall–Kier alpha value is -6.55. The molecule has 0 fully saturated rings. The smallest absolute Gasteiger partial charge is 0.268 e. The van der Waals surface area contributed by atoms with Gasteiger partial charge in [0.25, 0.3) is 6.33 Å². The summed E-state index contributed by atoms with van der Waals surface area (Å²) < 4.78 is 133. The van der Waals surface area contributed by atoms with E-state index in [-0.39, 0.29) is 90.2 Å². The standard InChI is InChI=1S/C52H38N4O.Pt/c1-36(2)31-37-29-30-53-51(32-37)56-47-24-10-9-21-45(47)46-28-27-42(34-50(46)56)57-41-20-13-19-40(33-41)54-35-55(49-26-12-11-25-48(49)54)52-43(38-15-5-3-6-16-38)22-14-23-44(52)39-17-7-4-8-18-39;/h3-30,32,36H,31H2,1-2H3;/q-2;/i3D,4D,5D,6D,7D,8D,9D,10D,15D,16D,17D,18D,21D,24D;. The molecule has 0 saturated carbocycles. The number of ether oxygens (including phenoxy) is 1. The van der Waals surface area contributed by atoms with E-state index >= 15 is 0 Å². The third kappa shape index (κ3) is 6.82. The fraction of sp³-hybridized carbons (Fsp3) is 0.0769. The number of benzene rings is 7. The molecule has 3 heterocycles. The van der Waals surface area contributed by atoms with E-state index < -0.39 is 60.4 Å². The van der Waals surface area contributed by atoms with Gasteiger partial charge in [0.15, 0.2) is 0 Å². The van der Waals surface area contributed by atoms with Crippen molar-refractivity contribution in [2.24, 2.45) is 5.92 Å². The number of imidazole rings is 1. The third-order valence-electron chi connectivity index (χ3n) is 9.54. The summed E-state index contributed by atoms with van der Waals surface area (Å²) in [6.45, 7) is 4.21. The zero-order valence-electron chi connectivity index (χ0n) is 45.0. The van der Waals surface area contributed by atoms with Crippen LogP contribution >= 0.6 is 0 Å². The summed E-state index contributed by atoms with van der Waals surface area (Å²) in [5, 5.41) is 0.822. The van der Waals surface area contributed by atoms with E-state index in [4.69, 9.17) is 23.9 Å². The van der Waals surface area contributed by atoms with Gasteiger partial charge in [0.2, 0.25) is 0 Å². The molecule has 3 aromatic heterocycles. The van der Waals surface area contributed by atoms with Gasteiger partial charge in [-0.1, -0.05) is 140 Å². The van der Waals surface area contributed by atoms with Crippen LogP contribution in [0.5, 0.6) is 11.5 Å². The van der Waals surface area contributed by atoms with Gasteiger partial charge < -0.3 is 13.9 Å². The number of aromatic nitrogens is 4. The summed E-state index contributed by atoms with van der Waals surface area (Å²) in [5.74, 6) is 1.25. The average molecular weight is 944 g/mol. The van der Waals surface area contributed by atoms with E-state index in [1.54, 1.807) is 86.6 Å². The minimum atomic E-state index is -0.598. The first-order chi connectivity index (χ1) is 33.9. The quantitative estimate of drug-likeness (QED) is 0.107. The molecule has 284 valence electrons. The molecule has 58 heavy (non-hydrogen) atoms. The predicted molar refractivity (Wildman–Crippen MR) is 229 cm³/mol. The van der Waals surface area contributed by atoms with Crippen molar-refractivity contribution in [3.63, 3.8) is 0 Å². The minimum Gasteiger partial charge on any atom is -0.510 e. The molecule has 0 saturated heterocycles. The number of para-hydroxylation sites is 4. The molecular weight excluding hydrogens is 892 g/mol. The minimum absolute atomic E-state index is 0. The Kier molecular flexibility index (Phi) is 6.60. The normalized spacial score (nSPS) is 14.7. The molecule has 0 atom stereocenters. The fourth-order valence-electron chi connectivity index (χ4n) is 7.20. The molecule has 10 aromatic rings. The average Bonchev–Trinajstić information content (AvgIpc) is 3.92. The van der Waals surface area contributed by atoms with E-state index in [2.05, 4.69) is 37.3 Å². The zero-order valence-corrected chi connectivity index (χ0v) is 33.2. The van der Waals surface area contributed by atoms with E-state index in [0.717, 1.165) is 12.0 Å². The van der Waals surface area contributed by atoms with Crippen LogP contribution in [-0.2, 0) is 27.5 Å². The number of hydrogen-bond donors (Lipinski definition) is 0. The molecule has 0 amide bonds. The largest absolute Gasteiger partial charge is 0.510 e. The van der Waals surface area contributed by atoms with Crippen molar-refractivity contribution in [3.05, 3.63) is 200 Å². The number of hydrogen-bond acceptors (Lipinski definition) is 2. The molecule has 0 spiro atoms. The molecule has 0 bridgehead atoms. The second-order valence-electron chi connectivity index (χ2n) is 13.7. The van der Waals surface area contributed by atoms with Crippen molar-refractivity contribution in [2.45, 2.75) is 20.3 Å². The number of nitrogens with zero attached hydrogens (tertiary/aromatic N) is 4. The molecule has 0 aliphatic rings. The van der Waals surface area contributed by atoms with E-state index in [9.17, 15) is 0 Å². The Labute approximate surface area is 372 Å². The Morgan fingerprint density at radius 2 is 1.38 bits per heavy atom. The molecule has 6 heteroatoms. The second-order valence-corrected chi connectivity index (χ2v) is 13.7. The van der Waals surface area contributed by atoms with Gasteiger partial charge in [0, 0.05) is 44.3 Å². The summed E-state index contributed by atoms with van der Waals surface area (Å²) >= 11 is 0. The molecule has 0 aliphatic heterocycles. The fourth-order valence-corrected chi connectivity index (χ4v) is 7.20. The van der Waals surface area contributed by atoms with Crippen LogP contribution in [0, 0.1) is 24.4 Å². The molecule has 0 N–H and O–H groups in total. The summed E-state index contributed by atoms with van der Waals surface area (Å²) in [6, 6.07) is 24.0. The monoisotopic (exact) mass is 943 g/mol. The molecule has 0 unspecified atom stereocenters. The maximum atomic E-state index is 8.99. The van der Waals surface area contributed by atoms with Crippen LogP contribution < -0.4 is 9.30 Å². The van der Waals surface area contributed by atoms with Gasteiger partial charge in [-0.25, -0.2) is 4.98 Å². The summed E-state index contributed by atoms with van der Waals surface area (Å²) in [6.07, 6.45) is 5.78. The zero-order chi connectivity index (χ0) is 50.5. The van der Waals surface area contributed by atoms with Crippen molar-refractivity contribution in [1.29, 1.82) is 0 Å². The summed E-state index contributed by atoms with van der Waals surface area (Å²) in [5.41, 5.74) is 3.07. The first kappa shape index (κ1) is 24.3. The molecule has 10 rings (SSSR count). The van der Waals surface area contributed by atoms with Crippen molar-refractivity contribution >= 4 is 32.8 Å². The van der Waals surface area contributed by atoms with Crippen LogP contribution in [0.15, 0.2) is 176 Å². The van der Waals surface area contributed by atoms with Gasteiger partial charge >= 0.3 is 0 Å². The molecule has 0 radical (unpaired) electrons. The SMILES string of the molecule is [2H]c1c([2H])c([2H])c(-c2cccc(-c3c([2H])c([2H])c([2H])c([2H])c3[2H])c2-[n+]2[c-]n(-c3[c-]c(Oc4[c-]c5c(cc4)c4c([2H])c([2H])c([2H])c([2H])c4n5-c4cc(CC(C)C)ccn4)ccc3)c3ccccc32)c([2H])c1[2H].[Pt]. The van der Waals surface area contributed by atoms with Crippen molar-refractivity contribution in [3.8, 4) is 50.9 Å². The van der Waals surface area contributed by atoms with Crippen LogP contribution in [0.1, 0.15) is 38.6 Å². The number of fused-ring (bicyclic) bond motifs is 4. The second kappa shape index (κ2) is 15.8. The van der Waals surface area contributed by atoms with Gasteiger partial charge in [0.1, 0.15) is 5.82 Å². The Morgan fingerprint density at radius 1 is 0.690 bits per heavy atom. The molecular formula is C52H38N4OPt-2. The number of pyridine rings is 1. The van der Waals surface area contributed by atoms with Crippen LogP contribution in [-0.4, -0.2) is 14.1 Å². The topological polar surface area (TPSA) is 35.9 Å². The van der Waals surface area contributed by atoms with E-state index in [1.807, 2.05) is 12.1 Å². The summed E-state index contributed by atoms with van der Waals surface area (Å²) in [4.78, 5) is 4.65. The van der Waals surface area contributed by atoms with Crippen molar-refractivity contribution < 1.29 is 49.6 Å². The molecule has 5 nitrogen and oxygen atoms in total. The first-order valence-electron chi connectivity index (χ1n) is 25.2. The maximum absolute atomic E-state index is 8.99. The first-order valence-corrected chi connectivity index (χ1v) is 18.2. The Bertz CT molecular complexity index is 3750. The van der Waals surface area contributed by atoms with Gasteiger partial charge in [-0.2, -0.15) is 18.2 Å². The van der Waals surface area contributed by atoms with Crippen LogP contribution in [0.25, 0.3) is 72.3 Å². The molecule has 7 aromatic carbocycles. The van der Waals surface area contributed by atoms with Crippen molar-refractivity contribution in [1.82, 2.24) is 14.1 Å². The third-order valence-corrected chi connectivity index (χ3v) is 9.54. The van der Waals surface area contributed by atoms with Gasteiger partial charge in [-0.15, -0.1) is 29.7 Å². The van der Waals surface area contributed by atoms with Gasteiger partial charge in [0.05, 0.1) is 35.9 Å². The van der Waals surface area contributed by atoms with Crippen LogP contribution in [0.4, 0.5) is 0 Å². The number of rotatable bonds is 9. The van der Waals surface area contributed by atoms with E-state index in [0.29, 0.717) is 44.7 Å². The Morgan fingerprint density at radius 3 is 2.14 bits per heavy atom. The Balaban J connectivity index is 0.00000640. The van der Waals surface area contributed by atoms with E-state index in [1.165, 1.54) is 6.07 Å². The van der Waals surface area contributed by atoms with Crippen molar-refractivity contribution in [2.75, 3.05) is 0 Å². The van der Waals surface area contributed by atoms with Crippen LogP contribution in [0.2, 0.25) is 0 Å². The van der Waals surface area contributed by atoms with Gasteiger partial charge in [-0.05, 0) is 69.4 Å². The summed E-state index contributed by atoms with van der Waals surface area (Å²) in [7, 11) is 0. The maximum Gasteiger partial charge on any atom is 0.268 e. The van der Waals surface area contributed by atoms with Crippen LogP contribution in [0.3, 0.4) is 0 Å². The van der Waals surface area contributed by atoms with Gasteiger partial charge in [-0.3, -0.25) is 4.57 Å². The molecule has 0 aliphatic carbocycles. The predicted octanol–water partition coefficient (Wildman–Crippen LogP) is 12.1.